The summed E-state index contributed by atoms with van der Waals surface area (Å²) in [4.78, 5) is 5.85. The molecule has 0 bridgehead atoms. The average molecular weight is 226 g/mol. The molecular formula is C9H11FN4O2. The lowest BCUT2D eigenvalue weighted by molar-refractivity contribution is 0.0237. The van der Waals surface area contributed by atoms with E-state index in [-0.39, 0.29) is 6.54 Å². The fourth-order valence-corrected chi connectivity index (χ4v) is 1.27. The van der Waals surface area contributed by atoms with Gasteiger partial charge < -0.3 is 10.2 Å². The highest BCUT2D eigenvalue weighted by Gasteiger charge is 2.19. The number of pyridine rings is 1. The standard InChI is InChI=1S/C9H11FN4O2/c1-5-2-8(10)12-3-6(5)9(16)7(15)4-13-14-11/h2-3,7,9,15-16H,4H2,1H3. The van der Waals surface area contributed by atoms with Crippen molar-refractivity contribution in [2.24, 2.45) is 5.11 Å². The van der Waals surface area contributed by atoms with Crippen molar-refractivity contribution in [3.05, 3.63) is 39.8 Å². The molecule has 0 spiro atoms. The van der Waals surface area contributed by atoms with E-state index in [0.29, 0.717) is 11.1 Å². The van der Waals surface area contributed by atoms with E-state index < -0.39 is 18.2 Å². The number of aliphatic hydroxyl groups is 2. The van der Waals surface area contributed by atoms with Crippen LogP contribution in [0.15, 0.2) is 17.4 Å². The van der Waals surface area contributed by atoms with Crippen molar-refractivity contribution in [3.63, 3.8) is 0 Å². The van der Waals surface area contributed by atoms with Crippen molar-refractivity contribution in [1.82, 2.24) is 4.98 Å². The highest BCUT2D eigenvalue weighted by atomic mass is 19.1. The molecule has 0 aliphatic carbocycles. The monoisotopic (exact) mass is 226 g/mol. The first-order valence-corrected chi connectivity index (χ1v) is 4.55. The van der Waals surface area contributed by atoms with Crippen LogP contribution in [0.25, 0.3) is 10.4 Å². The number of aryl methyl sites for hydroxylation is 1. The Labute approximate surface area is 91.0 Å². The molecule has 0 saturated heterocycles. The number of hydrogen-bond donors (Lipinski definition) is 2. The Kier molecular flexibility index (Phi) is 4.19. The van der Waals surface area contributed by atoms with Gasteiger partial charge in [-0.1, -0.05) is 5.11 Å². The zero-order valence-corrected chi connectivity index (χ0v) is 8.58. The van der Waals surface area contributed by atoms with E-state index in [2.05, 4.69) is 15.0 Å². The maximum Gasteiger partial charge on any atom is 0.213 e. The van der Waals surface area contributed by atoms with Gasteiger partial charge in [0.1, 0.15) is 6.10 Å². The second-order valence-electron chi connectivity index (χ2n) is 3.29. The molecule has 1 rings (SSSR count). The summed E-state index contributed by atoms with van der Waals surface area (Å²) in [6.45, 7) is 1.33. The molecule has 0 saturated carbocycles. The molecule has 0 amide bonds. The molecule has 2 N–H and O–H groups in total. The number of halogens is 1. The highest BCUT2D eigenvalue weighted by Crippen LogP contribution is 2.20. The number of aromatic nitrogens is 1. The fourth-order valence-electron chi connectivity index (χ4n) is 1.27. The van der Waals surface area contributed by atoms with Gasteiger partial charge in [-0.05, 0) is 24.1 Å². The van der Waals surface area contributed by atoms with Crippen LogP contribution < -0.4 is 0 Å². The quantitative estimate of drug-likeness (QED) is 0.349. The lowest BCUT2D eigenvalue weighted by Crippen LogP contribution is -2.22. The molecule has 0 radical (unpaired) electrons. The van der Waals surface area contributed by atoms with E-state index in [4.69, 9.17) is 5.53 Å². The van der Waals surface area contributed by atoms with Crippen LogP contribution in [0.5, 0.6) is 0 Å². The molecule has 0 aliphatic heterocycles. The van der Waals surface area contributed by atoms with Gasteiger partial charge in [0.05, 0.1) is 12.6 Å². The first-order chi connectivity index (χ1) is 7.56. The number of nitrogens with zero attached hydrogens (tertiary/aromatic N) is 4. The number of hydrogen-bond acceptors (Lipinski definition) is 4. The van der Waals surface area contributed by atoms with Gasteiger partial charge in [-0.25, -0.2) is 4.98 Å². The zero-order chi connectivity index (χ0) is 12.1. The zero-order valence-electron chi connectivity index (χ0n) is 8.58. The Morgan fingerprint density at radius 3 is 2.88 bits per heavy atom. The Hall–Kier alpha value is -1.69. The fraction of sp³-hybridized carbons (Fsp3) is 0.444. The lowest BCUT2D eigenvalue weighted by atomic mass is 10.0. The topological polar surface area (TPSA) is 102 Å². The number of rotatable bonds is 4. The smallest absolute Gasteiger partial charge is 0.213 e. The molecule has 0 fully saturated rings. The predicted molar refractivity (Wildman–Crippen MR) is 53.9 cm³/mol. The summed E-state index contributed by atoms with van der Waals surface area (Å²) in [5, 5.41) is 22.3. The Morgan fingerprint density at radius 2 is 2.31 bits per heavy atom. The van der Waals surface area contributed by atoms with Crippen molar-refractivity contribution >= 4 is 0 Å². The first-order valence-electron chi connectivity index (χ1n) is 4.55. The first kappa shape index (κ1) is 12.4. The van der Waals surface area contributed by atoms with E-state index in [1.807, 2.05) is 0 Å². The molecule has 1 heterocycles. The molecule has 7 heteroatoms. The van der Waals surface area contributed by atoms with Crippen molar-refractivity contribution < 1.29 is 14.6 Å². The number of aliphatic hydroxyl groups excluding tert-OH is 2. The number of azide groups is 1. The minimum Gasteiger partial charge on any atom is -0.390 e. The third-order valence-corrected chi connectivity index (χ3v) is 2.13. The van der Waals surface area contributed by atoms with Gasteiger partial charge in [0, 0.05) is 16.7 Å². The van der Waals surface area contributed by atoms with E-state index >= 15 is 0 Å². The van der Waals surface area contributed by atoms with Crippen LogP contribution in [0, 0.1) is 12.9 Å². The van der Waals surface area contributed by atoms with Crippen molar-refractivity contribution in [3.8, 4) is 0 Å². The molecule has 1 aromatic heterocycles. The van der Waals surface area contributed by atoms with Crippen molar-refractivity contribution in [1.29, 1.82) is 0 Å². The summed E-state index contributed by atoms with van der Waals surface area (Å²) >= 11 is 0. The van der Waals surface area contributed by atoms with Crippen LogP contribution >= 0.6 is 0 Å². The molecule has 2 atom stereocenters. The van der Waals surface area contributed by atoms with E-state index in [1.165, 1.54) is 0 Å². The van der Waals surface area contributed by atoms with Gasteiger partial charge in [-0.3, -0.25) is 0 Å². The van der Waals surface area contributed by atoms with Gasteiger partial charge in [-0.2, -0.15) is 4.39 Å². The largest absolute Gasteiger partial charge is 0.390 e. The molecular weight excluding hydrogens is 215 g/mol. The second kappa shape index (κ2) is 5.41. The Balaban J connectivity index is 2.86. The van der Waals surface area contributed by atoms with E-state index in [1.54, 1.807) is 6.92 Å². The summed E-state index contributed by atoms with van der Waals surface area (Å²) in [7, 11) is 0. The van der Waals surface area contributed by atoms with Crippen LogP contribution in [-0.2, 0) is 0 Å². The summed E-state index contributed by atoms with van der Waals surface area (Å²) in [5.41, 5.74) is 8.84. The molecule has 2 unspecified atom stereocenters. The molecule has 86 valence electrons. The normalized spacial score (nSPS) is 14.0. The van der Waals surface area contributed by atoms with Crippen LogP contribution in [-0.4, -0.2) is 27.8 Å². The summed E-state index contributed by atoms with van der Waals surface area (Å²) in [5.74, 6) is -0.655. The maximum absolute atomic E-state index is 12.7. The maximum atomic E-state index is 12.7. The summed E-state index contributed by atoms with van der Waals surface area (Å²) in [6.07, 6.45) is -1.34. The average Bonchev–Trinajstić information content (AvgIpc) is 2.25. The van der Waals surface area contributed by atoms with E-state index in [9.17, 15) is 14.6 Å². The molecule has 0 aliphatic rings. The Bertz CT molecular complexity index is 420. The Morgan fingerprint density at radius 1 is 1.62 bits per heavy atom. The molecule has 16 heavy (non-hydrogen) atoms. The predicted octanol–water partition coefficient (Wildman–Crippen LogP) is 1.23. The van der Waals surface area contributed by atoms with Crippen LogP contribution in [0.4, 0.5) is 4.39 Å². The van der Waals surface area contributed by atoms with Crippen molar-refractivity contribution in [2.45, 2.75) is 19.1 Å². The third kappa shape index (κ3) is 2.90. The SMILES string of the molecule is Cc1cc(F)ncc1C(O)C(O)CN=[N+]=[N-]. The van der Waals surface area contributed by atoms with Gasteiger partial charge in [0.25, 0.3) is 0 Å². The second-order valence-corrected chi connectivity index (χ2v) is 3.29. The van der Waals surface area contributed by atoms with Crippen LogP contribution in [0.3, 0.4) is 0 Å². The van der Waals surface area contributed by atoms with Gasteiger partial charge in [0.15, 0.2) is 0 Å². The van der Waals surface area contributed by atoms with Gasteiger partial charge in [0.2, 0.25) is 5.95 Å². The summed E-state index contributed by atoms with van der Waals surface area (Å²) < 4.78 is 12.7. The van der Waals surface area contributed by atoms with Crippen LogP contribution in [0.1, 0.15) is 17.2 Å². The van der Waals surface area contributed by atoms with Gasteiger partial charge >= 0.3 is 0 Å². The van der Waals surface area contributed by atoms with Crippen LogP contribution in [0.2, 0.25) is 0 Å². The summed E-state index contributed by atoms with van der Waals surface area (Å²) in [6, 6.07) is 1.15. The highest BCUT2D eigenvalue weighted by molar-refractivity contribution is 5.25. The molecule has 6 nitrogen and oxygen atoms in total. The molecule has 1 aromatic rings. The van der Waals surface area contributed by atoms with Gasteiger partial charge in [-0.15, -0.1) is 0 Å². The minimum absolute atomic E-state index is 0.255. The van der Waals surface area contributed by atoms with E-state index in [0.717, 1.165) is 12.3 Å². The lowest BCUT2D eigenvalue weighted by Gasteiger charge is -2.17. The van der Waals surface area contributed by atoms with Crippen molar-refractivity contribution in [2.75, 3.05) is 6.54 Å². The minimum atomic E-state index is -1.25. The third-order valence-electron chi connectivity index (χ3n) is 2.13. The molecule has 0 aromatic carbocycles.